The van der Waals surface area contributed by atoms with Crippen LogP contribution in [0.4, 0.5) is 0 Å². The molecule has 3 aromatic carbocycles. The zero-order valence-corrected chi connectivity index (χ0v) is 28.3. The number of allylic oxidation sites excluding steroid dienone is 1. The summed E-state index contributed by atoms with van der Waals surface area (Å²) >= 11 is 11.1. The van der Waals surface area contributed by atoms with Gasteiger partial charge in [0.15, 0.2) is 27.8 Å². The highest BCUT2D eigenvalue weighted by Gasteiger charge is 2.34. The van der Waals surface area contributed by atoms with Gasteiger partial charge >= 0.3 is 5.97 Å². The van der Waals surface area contributed by atoms with Crippen LogP contribution in [0.1, 0.15) is 36.6 Å². The maximum Gasteiger partial charge on any atom is 0.338 e. The van der Waals surface area contributed by atoms with Crippen molar-refractivity contribution in [2.24, 2.45) is 4.99 Å². The molecule has 5 rings (SSSR count). The highest BCUT2D eigenvalue weighted by Crippen LogP contribution is 2.38. The number of fused-ring (bicyclic) bond motifs is 1. The summed E-state index contributed by atoms with van der Waals surface area (Å²) in [5.41, 5.74) is 2.58. The Labute approximate surface area is 277 Å². The Hall–Kier alpha value is -4.06. The predicted octanol–water partition coefficient (Wildman–Crippen LogP) is 5.82. The first kappa shape index (κ1) is 32.3. The molecule has 1 atom stereocenters. The number of hydrogen-bond acceptors (Lipinski definition) is 9. The maximum atomic E-state index is 14.1. The van der Waals surface area contributed by atoms with Gasteiger partial charge in [0, 0.05) is 10.6 Å². The number of thiazole rings is 1. The molecule has 9 nitrogen and oxygen atoms in total. The predicted molar refractivity (Wildman–Crippen MR) is 176 cm³/mol. The van der Waals surface area contributed by atoms with Gasteiger partial charge in [0.25, 0.3) is 5.56 Å². The molecule has 1 aliphatic heterocycles. The van der Waals surface area contributed by atoms with Gasteiger partial charge in [-0.15, -0.1) is 0 Å². The molecule has 0 fully saturated rings. The summed E-state index contributed by atoms with van der Waals surface area (Å²) in [5.74, 6) is 1.40. The van der Waals surface area contributed by atoms with Crippen molar-refractivity contribution in [1.82, 2.24) is 4.57 Å². The van der Waals surface area contributed by atoms with Crippen molar-refractivity contribution in [3.63, 3.8) is 0 Å². The Balaban J connectivity index is 1.60. The minimum Gasteiger partial charge on any atom is -0.493 e. The number of aromatic nitrogens is 1. The summed E-state index contributed by atoms with van der Waals surface area (Å²) < 4.78 is 30.6. The van der Waals surface area contributed by atoms with Gasteiger partial charge in [-0.3, -0.25) is 9.36 Å². The smallest absolute Gasteiger partial charge is 0.338 e. The van der Waals surface area contributed by atoms with Crippen LogP contribution in [0.25, 0.3) is 6.08 Å². The van der Waals surface area contributed by atoms with Gasteiger partial charge in [0.05, 0.1) is 54.3 Å². The first-order chi connectivity index (χ1) is 21.7. The molecule has 4 aromatic rings. The number of carbonyl (C=O) groups excluding carboxylic acids is 1. The van der Waals surface area contributed by atoms with E-state index in [0.29, 0.717) is 58.7 Å². The highest BCUT2D eigenvalue weighted by atomic mass is 79.9. The molecule has 0 amide bonds. The fourth-order valence-corrected chi connectivity index (χ4v) is 6.82. The van der Waals surface area contributed by atoms with Crippen molar-refractivity contribution in [3.05, 3.63) is 112 Å². The average molecular weight is 714 g/mol. The van der Waals surface area contributed by atoms with Crippen molar-refractivity contribution < 1.29 is 28.5 Å². The number of esters is 1. The average Bonchev–Trinajstić information content (AvgIpc) is 3.33. The zero-order valence-electron chi connectivity index (χ0n) is 25.2. The third-order valence-electron chi connectivity index (χ3n) is 7.12. The number of ether oxygens (including phenoxy) is 5. The molecule has 12 heteroatoms. The van der Waals surface area contributed by atoms with Crippen LogP contribution in [0.2, 0.25) is 5.02 Å². The van der Waals surface area contributed by atoms with Gasteiger partial charge in [-0.2, -0.15) is 0 Å². The second kappa shape index (κ2) is 13.9. The molecule has 0 unspecified atom stereocenters. The van der Waals surface area contributed by atoms with Crippen molar-refractivity contribution in [2.75, 3.05) is 27.9 Å². The fraction of sp³-hybridized carbons (Fsp3) is 0.242. The highest BCUT2D eigenvalue weighted by molar-refractivity contribution is 9.10. The Morgan fingerprint density at radius 1 is 1.04 bits per heavy atom. The van der Waals surface area contributed by atoms with Gasteiger partial charge in [0.1, 0.15) is 6.61 Å². The van der Waals surface area contributed by atoms with Crippen LogP contribution in [0, 0.1) is 0 Å². The maximum absolute atomic E-state index is 14.1. The Morgan fingerprint density at radius 3 is 2.47 bits per heavy atom. The quantitative estimate of drug-likeness (QED) is 0.191. The summed E-state index contributed by atoms with van der Waals surface area (Å²) in [4.78, 5) is 32.4. The molecular formula is C33H30BrClN2O7S. The van der Waals surface area contributed by atoms with Gasteiger partial charge in [0.2, 0.25) is 0 Å². The lowest BCUT2D eigenvalue weighted by Gasteiger charge is -2.25. The SMILES string of the molecule is CCOC(=O)C1=C(C)N=c2s/c(=C/c3cc(Br)c(OCc4ccccc4Cl)c(OC)c3)c(=O)n2[C@@H]1c1ccc(OC)c(OC)c1. The van der Waals surface area contributed by atoms with Crippen LogP contribution in [0.3, 0.4) is 0 Å². The topological polar surface area (TPSA) is 97.6 Å². The van der Waals surface area contributed by atoms with E-state index in [-0.39, 0.29) is 24.3 Å². The molecule has 234 valence electrons. The van der Waals surface area contributed by atoms with Crippen LogP contribution in [-0.2, 0) is 16.1 Å². The molecule has 0 radical (unpaired) electrons. The standard InChI is InChI=1S/C33H30BrClN2O7S/c1-6-43-32(39)28-18(2)36-33-37(29(28)20-11-12-24(40-3)25(16-20)41-4)31(38)27(45-33)15-19-13-22(34)30(26(14-19)42-5)44-17-21-9-7-8-10-23(21)35/h7-16,29H,6,17H2,1-5H3/b27-15+/t29-/m1/s1. The van der Waals surface area contributed by atoms with Crippen LogP contribution >= 0.6 is 38.9 Å². The number of halogens is 2. The molecule has 1 aliphatic rings. The van der Waals surface area contributed by atoms with Crippen molar-refractivity contribution >= 4 is 50.9 Å². The minimum atomic E-state index is -0.802. The molecule has 2 heterocycles. The Bertz CT molecular complexity index is 1990. The van der Waals surface area contributed by atoms with Crippen molar-refractivity contribution in [1.29, 1.82) is 0 Å². The van der Waals surface area contributed by atoms with E-state index in [0.717, 1.165) is 5.56 Å². The van der Waals surface area contributed by atoms with Crippen LogP contribution in [-0.4, -0.2) is 38.5 Å². The fourth-order valence-electron chi connectivity index (χ4n) is 5.01. The lowest BCUT2D eigenvalue weighted by molar-refractivity contribution is -0.139. The molecule has 0 aliphatic carbocycles. The van der Waals surface area contributed by atoms with Gasteiger partial charge in [-0.25, -0.2) is 9.79 Å². The minimum absolute atomic E-state index is 0.174. The Kier molecular flexibility index (Phi) is 10.0. The molecular weight excluding hydrogens is 684 g/mol. The molecule has 0 spiro atoms. The van der Waals surface area contributed by atoms with E-state index in [1.807, 2.05) is 24.3 Å². The summed E-state index contributed by atoms with van der Waals surface area (Å²) in [7, 11) is 4.62. The molecule has 1 aromatic heterocycles. The summed E-state index contributed by atoms with van der Waals surface area (Å²) in [5, 5.41) is 0.604. The molecule has 0 bridgehead atoms. The first-order valence-electron chi connectivity index (χ1n) is 13.9. The molecule has 45 heavy (non-hydrogen) atoms. The van der Waals surface area contributed by atoms with E-state index in [1.165, 1.54) is 23.0 Å². The normalized spacial score (nSPS) is 14.5. The van der Waals surface area contributed by atoms with Crippen LogP contribution < -0.4 is 33.8 Å². The van der Waals surface area contributed by atoms with E-state index in [1.54, 1.807) is 64.5 Å². The van der Waals surface area contributed by atoms with E-state index < -0.39 is 12.0 Å². The summed E-state index contributed by atoms with van der Waals surface area (Å²) in [6, 6.07) is 15.5. The summed E-state index contributed by atoms with van der Waals surface area (Å²) in [6.07, 6.45) is 1.75. The lowest BCUT2D eigenvalue weighted by Crippen LogP contribution is -2.40. The Morgan fingerprint density at radius 2 is 1.78 bits per heavy atom. The van der Waals surface area contributed by atoms with E-state index in [4.69, 9.17) is 35.3 Å². The van der Waals surface area contributed by atoms with Gasteiger partial charge < -0.3 is 23.7 Å². The van der Waals surface area contributed by atoms with Crippen LogP contribution in [0.15, 0.2) is 80.1 Å². The zero-order chi connectivity index (χ0) is 32.2. The van der Waals surface area contributed by atoms with E-state index >= 15 is 0 Å². The summed E-state index contributed by atoms with van der Waals surface area (Å²) in [6.45, 7) is 3.88. The molecule has 0 saturated carbocycles. The van der Waals surface area contributed by atoms with E-state index in [9.17, 15) is 9.59 Å². The molecule has 0 N–H and O–H groups in total. The lowest BCUT2D eigenvalue weighted by atomic mass is 9.95. The molecule has 0 saturated heterocycles. The number of carbonyl (C=O) groups is 1. The van der Waals surface area contributed by atoms with Gasteiger partial charge in [-0.1, -0.05) is 47.2 Å². The second-order valence-corrected chi connectivity index (χ2v) is 12.1. The third-order valence-corrected chi connectivity index (χ3v) is 9.06. The number of nitrogens with zero attached hydrogens (tertiary/aromatic N) is 2. The second-order valence-electron chi connectivity index (χ2n) is 9.83. The first-order valence-corrected chi connectivity index (χ1v) is 15.8. The van der Waals surface area contributed by atoms with Crippen molar-refractivity contribution in [2.45, 2.75) is 26.5 Å². The monoisotopic (exact) mass is 712 g/mol. The van der Waals surface area contributed by atoms with Crippen molar-refractivity contribution in [3.8, 4) is 23.0 Å². The van der Waals surface area contributed by atoms with E-state index in [2.05, 4.69) is 20.9 Å². The number of methoxy groups -OCH3 is 3. The largest absolute Gasteiger partial charge is 0.493 e. The number of hydrogen-bond donors (Lipinski definition) is 0. The van der Waals surface area contributed by atoms with Crippen LogP contribution in [0.5, 0.6) is 23.0 Å². The number of rotatable bonds is 10. The third kappa shape index (κ3) is 6.51. The number of benzene rings is 3. The van der Waals surface area contributed by atoms with Gasteiger partial charge in [-0.05, 0) is 77.3 Å².